The highest BCUT2D eigenvalue weighted by Gasteiger charge is 2.27. The first-order valence-electron chi connectivity index (χ1n) is 9.62. The summed E-state index contributed by atoms with van der Waals surface area (Å²) in [4.78, 5) is 4.34. The van der Waals surface area contributed by atoms with E-state index in [2.05, 4.69) is 46.0 Å². The molecule has 5 heteroatoms. The first-order chi connectivity index (χ1) is 13.3. The summed E-state index contributed by atoms with van der Waals surface area (Å²) in [6.45, 7) is 2.46. The normalized spacial score (nSPS) is 20.3. The summed E-state index contributed by atoms with van der Waals surface area (Å²) in [7, 11) is 1.80. The van der Waals surface area contributed by atoms with Gasteiger partial charge in [-0.3, -0.25) is 4.99 Å². The van der Waals surface area contributed by atoms with Gasteiger partial charge in [-0.05, 0) is 36.5 Å². The van der Waals surface area contributed by atoms with Crippen molar-refractivity contribution in [2.75, 3.05) is 26.7 Å². The van der Waals surface area contributed by atoms with E-state index in [0.717, 1.165) is 55.5 Å². The molecule has 0 saturated carbocycles. The molecule has 2 N–H and O–H groups in total. The molecule has 3 rings (SSSR count). The predicted molar refractivity (Wildman–Crippen MR) is 112 cm³/mol. The second-order valence-electron chi connectivity index (χ2n) is 6.83. The van der Waals surface area contributed by atoms with Crippen LogP contribution in [0.2, 0.25) is 5.02 Å². The van der Waals surface area contributed by atoms with Crippen molar-refractivity contribution in [2.45, 2.75) is 25.4 Å². The van der Waals surface area contributed by atoms with Crippen molar-refractivity contribution in [2.24, 2.45) is 10.9 Å². The van der Waals surface area contributed by atoms with Gasteiger partial charge in [-0.1, -0.05) is 60.1 Å². The third-order valence-corrected chi connectivity index (χ3v) is 5.34. The van der Waals surface area contributed by atoms with Gasteiger partial charge in [-0.15, -0.1) is 0 Å². The summed E-state index contributed by atoms with van der Waals surface area (Å²) in [5.74, 6) is 1.25. The summed E-state index contributed by atoms with van der Waals surface area (Å²) < 4.78 is 6.08. The molecule has 144 valence electrons. The quantitative estimate of drug-likeness (QED) is 0.578. The van der Waals surface area contributed by atoms with E-state index in [1.165, 1.54) is 5.56 Å². The van der Waals surface area contributed by atoms with Crippen molar-refractivity contribution >= 4 is 17.6 Å². The highest BCUT2D eigenvalue weighted by molar-refractivity contribution is 6.31. The maximum absolute atomic E-state index is 6.22. The van der Waals surface area contributed by atoms with Crippen LogP contribution in [-0.4, -0.2) is 32.7 Å². The zero-order chi connectivity index (χ0) is 18.9. The van der Waals surface area contributed by atoms with E-state index < -0.39 is 0 Å². The molecular weight excluding hydrogens is 358 g/mol. The van der Waals surface area contributed by atoms with Crippen molar-refractivity contribution in [3.05, 3.63) is 70.7 Å². The lowest BCUT2D eigenvalue weighted by Crippen LogP contribution is -2.42. The largest absolute Gasteiger partial charge is 0.373 e. The van der Waals surface area contributed by atoms with Crippen molar-refractivity contribution in [1.82, 2.24) is 10.6 Å². The molecule has 4 nitrogen and oxygen atoms in total. The van der Waals surface area contributed by atoms with Gasteiger partial charge < -0.3 is 15.4 Å². The lowest BCUT2D eigenvalue weighted by Gasteiger charge is -2.32. The number of halogens is 1. The molecule has 1 saturated heterocycles. The molecule has 2 aromatic carbocycles. The van der Waals surface area contributed by atoms with Gasteiger partial charge in [-0.25, -0.2) is 0 Å². The van der Waals surface area contributed by atoms with Gasteiger partial charge in [0.1, 0.15) is 0 Å². The molecule has 0 spiro atoms. The van der Waals surface area contributed by atoms with E-state index in [1.807, 2.05) is 24.3 Å². The Hall–Kier alpha value is -2.04. The fourth-order valence-electron chi connectivity index (χ4n) is 3.53. The lowest BCUT2D eigenvalue weighted by atomic mass is 9.89. The summed E-state index contributed by atoms with van der Waals surface area (Å²) in [6.07, 6.45) is 3.27. The van der Waals surface area contributed by atoms with Gasteiger partial charge in [0.25, 0.3) is 0 Å². The van der Waals surface area contributed by atoms with Crippen LogP contribution in [-0.2, 0) is 11.2 Å². The molecule has 2 atom stereocenters. The van der Waals surface area contributed by atoms with Crippen molar-refractivity contribution in [3.8, 4) is 0 Å². The maximum Gasteiger partial charge on any atom is 0.190 e. The second kappa shape index (κ2) is 10.3. The summed E-state index contributed by atoms with van der Waals surface area (Å²) in [6, 6.07) is 18.5. The highest BCUT2D eigenvalue weighted by atomic mass is 35.5. The Labute approximate surface area is 167 Å². The van der Waals surface area contributed by atoms with Crippen LogP contribution in [0, 0.1) is 5.92 Å². The van der Waals surface area contributed by atoms with Crippen LogP contribution in [0.5, 0.6) is 0 Å². The Kier molecular flexibility index (Phi) is 7.55. The van der Waals surface area contributed by atoms with E-state index in [9.17, 15) is 0 Å². The zero-order valence-corrected chi connectivity index (χ0v) is 16.6. The van der Waals surface area contributed by atoms with Crippen LogP contribution in [0.1, 0.15) is 30.1 Å². The fourth-order valence-corrected chi connectivity index (χ4v) is 3.76. The Morgan fingerprint density at radius 2 is 1.89 bits per heavy atom. The van der Waals surface area contributed by atoms with E-state index in [4.69, 9.17) is 16.3 Å². The predicted octanol–water partition coefficient (Wildman–Crippen LogP) is 4.22. The molecule has 1 aliphatic rings. The fraction of sp³-hybridized carbons (Fsp3) is 0.409. The number of guanidine groups is 1. The van der Waals surface area contributed by atoms with E-state index in [-0.39, 0.29) is 6.10 Å². The van der Waals surface area contributed by atoms with Gasteiger partial charge in [-0.2, -0.15) is 0 Å². The summed E-state index contributed by atoms with van der Waals surface area (Å²) >= 11 is 6.22. The average Bonchev–Trinajstić information content (AvgIpc) is 2.72. The number of nitrogens with one attached hydrogen (secondary N) is 2. The smallest absolute Gasteiger partial charge is 0.190 e. The molecule has 2 unspecified atom stereocenters. The van der Waals surface area contributed by atoms with Crippen LogP contribution < -0.4 is 10.6 Å². The molecule has 0 amide bonds. The van der Waals surface area contributed by atoms with Crippen LogP contribution in [0.25, 0.3) is 0 Å². The summed E-state index contributed by atoms with van der Waals surface area (Å²) in [5.41, 5.74) is 2.40. The van der Waals surface area contributed by atoms with Crippen molar-refractivity contribution in [3.63, 3.8) is 0 Å². The summed E-state index contributed by atoms with van der Waals surface area (Å²) in [5, 5.41) is 7.66. The third kappa shape index (κ3) is 5.72. The minimum atomic E-state index is 0.147. The van der Waals surface area contributed by atoms with Crippen LogP contribution in [0.4, 0.5) is 0 Å². The molecule has 0 bridgehead atoms. The number of hydrogen-bond acceptors (Lipinski definition) is 2. The van der Waals surface area contributed by atoms with Gasteiger partial charge in [0.2, 0.25) is 0 Å². The number of aliphatic imine (C=N–C) groups is 1. The van der Waals surface area contributed by atoms with Gasteiger partial charge >= 0.3 is 0 Å². The SMILES string of the molecule is CN=C(NCCc1ccccc1Cl)NCC1CCCOC1c1ccccc1. The molecule has 2 aromatic rings. The molecule has 27 heavy (non-hydrogen) atoms. The molecular formula is C22H28ClN3O. The van der Waals surface area contributed by atoms with E-state index in [1.54, 1.807) is 7.05 Å². The molecule has 0 radical (unpaired) electrons. The Morgan fingerprint density at radius 3 is 2.67 bits per heavy atom. The van der Waals surface area contributed by atoms with E-state index >= 15 is 0 Å². The standard InChI is InChI=1S/C22H28ClN3O/c1-24-22(25-14-13-17-8-5-6-12-20(17)23)26-16-19-11-7-15-27-21(19)18-9-3-2-4-10-18/h2-6,8-10,12,19,21H,7,11,13-16H2,1H3,(H2,24,25,26). The van der Waals surface area contributed by atoms with Crippen LogP contribution in [0.15, 0.2) is 59.6 Å². The minimum absolute atomic E-state index is 0.147. The van der Waals surface area contributed by atoms with Crippen LogP contribution >= 0.6 is 11.6 Å². The number of hydrogen-bond donors (Lipinski definition) is 2. The zero-order valence-electron chi connectivity index (χ0n) is 15.8. The highest BCUT2D eigenvalue weighted by Crippen LogP contribution is 2.33. The molecule has 0 aromatic heterocycles. The van der Waals surface area contributed by atoms with Crippen molar-refractivity contribution < 1.29 is 4.74 Å². The molecule has 1 aliphatic heterocycles. The first kappa shape index (κ1) is 19.7. The van der Waals surface area contributed by atoms with E-state index in [0.29, 0.717) is 5.92 Å². The minimum Gasteiger partial charge on any atom is -0.373 e. The lowest BCUT2D eigenvalue weighted by molar-refractivity contribution is -0.0265. The molecule has 0 aliphatic carbocycles. The number of nitrogens with zero attached hydrogens (tertiary/aromatic N) is 1. The monoisotopic (exact) mass is 385 g/mol. The molecule has 1 fully saturated rings. The maximum atomic E-state index is 6.22. The third-order valence-electron chi connectivity index (χ3n) is 4.97. The molecule has 1 heterocycles. The van der Waals surface area contributed by atoms with Crippen LogP contribution in [0.3, 0.4) is 0 Å². The number of benzene rings is 2. The topological polar surface area (TPSA) is 45.7 Å². The second-order valence-corrected chi connectivity index (χ2v) is 7.23. The van der Waals surface area contributed by atoms with Crippen molar-refractivity contribution in [1.29, 1.82) is 0 Å². The average molecular weight is 386 g/mol. The number of rotatable bonds is 6. The Balaban J connectivity index is 1.50. The van der Waals surface area contributed by atoms with Gasteiger partial charge in [0.05, 0.1) is 6.10 Å². The number of ether oxygens (including phenoxy) is 1. The van der Waals surface area contributed by atoms with Gasteiger partial charge in [0, 0.05) is 37.7 Å². The Morgan fingerprint density at radius 1 is 1.11 bits per heavy atom. The van der Waals surface area contributed by atoms with Gasteiger partial charge in [0.15, 0.2) is 5.96 Å². The first-order valence-corrected chi connectivity index (χ1v) is 10.00. The Bertz CT molecular complexity index is 735.